The van der Waals surface area contributed by atoms with Crippen molar-refractivity contribution in [3.05, 3.63) is 20.8 Å². The van der Waals surface area contributed by atoms with Gasteiger partial charge < -0.3 is 0 Å². The number of thiophene rings is 1. The van der Waals surface area contributed by atoms with E-state index in [-0.39, 0.29) is 11.7 Å². The molecular weight excluding hydrogens is 204 g/mol. The van der Waals surface area contributed by atoms with Crippen LogP contribution in [0.5, 0.6) is 0 Å². The summed E-state index contributed by atoms with van der Waals surface area (Å²) < 4.78 is 0. The van der Waals surface area contributed by atoms with Gasteiger partial charge in [0.2, 0.25) is 0 Å². The van der Waals surface area contributed by atoms with Gasteiger partial charge in [0, 0.05) is 5.92 Å². The number of Topliss-reactive ketones (excluding diaryl/α,β-unsaturated/α-hetero) is 1. The molecule has 0 saturated heterocycles. The molecule has 0 N–H and O–H groups in total. The highest BCUT2D eigenvalue weighted by atomic mass is 35.5. The molecule has 1 heterocycles. The number of ketones is 1. The summed E-state index contributed by atoms with van der Waals surface area (Å²) in [6.07, 6.45) is 0.867. The van der Waals surface area contributed by atoms with Gasteiger partial charge in [-0.3, -0.25) is 4.79 Å². The molecule has 72 valence electrons. The minimum atomic E-state index is 0.0792. The Labute approximate surface area is 87.7 Å². The topological polar surface area (TPSA) is 17.1 Å². The summed E-state index contributed by atoms with van der Waals surface area (Å²) in [4.78, 5) is 12.5. The lowest BCUT2D eigenvalue weighted by Crippen LogP contribution is -2.08. The second kappa shape index (κ2) is 4.25. The molecule has 0 aromatic carbocycles. The maximum absolute atomic E-state index is 11.7. The summed E-state index contributed by atoms with van der Waals surface area (Å²) in [6, 6.07) is 0. The van der Waals surface area contributed by atoms with Crippen molar-refractivity contribution in [2.45, 2.75) is 27.2 Å². The predicted octanol–water partition coefficient (Wildman–Crippen LogP) is 3.94. The first-order valence-electron chi connectivity index (χ1n) is 4.35. The average molecular weight is 217 g/mol. The van der Waals surface area contributed by atoms with Crippen LogP contribution in [0.2, 0.25) is 5.02 Å². The molecule has 0 saturated carbocycles. The van der Waals surface area contributed by atoms with Crippen molar-refractivity contribution < 1.29 is 4.79 Å². The molecule has 1 rings (SSSR count). The normalized spacial score (nSPS) is 12.9. The highest BCUT2D eigenvalue weighted by Crippen LogP contribution is 2.29. The first-order chi connectivity index (χ1) is 6.07. The van der Waals surface area contributed by atoms with Gasteiger partial charge in [-0.05, 0) is 24.3 Å². The zero-order valence-electron chi connectivity index (χ0n) is 8.06. The SMILES string of the molecule is CCC(C)C(=O)c1scc(C)c1Cl. The molecule has 1 nitrogen and oxygen atoms in total. The van der Waals surface area contributed by atoms with E-state index in [0.29, 0.717) is 9.90 Å². The number of hydrogen-bond acceptors (Lipinski definition) is 2. The Morgan fingerprint density at radius 2 is 2.31 bits per heavy atom. The Bertz CT molecular complexity index is 317. The van der Waals surface area contributed by atoms with Crippen LogP contribution in [-0.4, -0.2) is 5.78 Å². The van der Waals surface area contributed by atoms with Crippen molar-refractivity contribution in [2.75, 3.05) is 0 Å². The van der Waals surface area contributed by atoms with Crippen LogP contribution in [-0.2, 0) is 0 Å². The average Bonchev–Trinajstić information content (AvgIpc) is 2.45. The van der Waals surface area contributed by atoms with Crippen LogP contribution in [0, 0.1) is 12.8 Å². The Hall–Kier alpha value is -0.340. The molecule has 0 bridgehead atoms. The molecule has 0 aliphatic carbocycles. The zero-order chi connectivity index (χ0) is 10.0. The molecule has 0 aliphatic rings. The number of aryl methyl sites for hydroxylation is 1. The molecule has 0 radical (unpaired) electrons. The third kappa shape index (κ3) is 2.12. The molecule has 1 atom stereocenters. The summed E-state index contributed by atoms with van der Waals surface area (Å²) in [6.45, 7) is 5.87. The van der Waals surface area contributed by atoms with Gasteiger partial charge in [0.15, 0.2) is 5.78 Å². The summed E-state index contributed by atoms with van der Waals surface area (Å²) in [5.74, 6) is 0.251. The molecule has 1 aromatic rings. The first kappa shape index (κ1) is 10.7. The largest absolute Gasteiger partial charge is 0.293 e. The summed E-state index contributed by atoms with van der Waals surface area (Å²) >= 11 is 7.44. The van der Waals surface area contributed by atoms with Crippen LogP contribution in [0.3, 0.4) is 0 Å². The minimum absolute atomic E-state index is 0.0792. The second-order valence-electron chi connectivity index (χ2n) is 3.24. The molecule has 0 amide bonds. The number of carbonyl (C=O) groups is 1. The van der Waals surface area contributed by atoms with Crippen LogP contribution in [0.1, 0.15) is 35.5 Å². The maximum Gasteiger partial charge on any atom is 0.177 e. The van der Waals surface area contributed by atoms with Gasteiger partial charge in [-0.15, -0.1) is 11.3 Å². The monoisotopic (exact) mass is 216 g/mol. The van der Waals surface area contributed by atoms with Gasteiger partial charge in [-0.2, -0.15) is 0 Å². The van der Waals surface area contributed by atoms with Crippen LogP contribution in [0.25, 0.3) is 0 Å². The Kier molecular flexibility index (Phi) is 3.51. The third-order valence-corrected chi connectivity index (χ3v) is 3.89. The number of halogens is 1. The van der Waals surface area contributed by atoms with Gasteiger partial charge in [0.25, 0.3) is 0 Å². The Morgan fingerprint density at radius 1 is 1.69 bits per heavy atom. The number of carbonyl (C=O) groups excluding carboxylic acids is 1. The van der Waals surface area contributed by atoms with Crippen LogP contribution in [0.15, 0.2) is 5.38 Å². The van der Waals surface area contributed by atoms with E-state index >= 15 is 0 Å². The fourth-order valence-corrected chi connectivity index (χ4v) is 2.35. The Balaban J connectivity index is 2.95. The first-order valence-corrected chi connectivity index (χ1v) is 5.61. The van der Waals surface area contributed by atoms with E-state index in [4.69, 9.17) is 11.6 Å². The predicted molar refractivity (Wildman–Crippen MR) is 57.9 cm³/mol. The minimum Gasteiger partial charge on any atom is -0.293 e. The van der Waals surface area contributed by atoms with Crippen molar-refractivity contribution in [3.63, 3.8) is 0 Å². The van der Waals surface area contributed by atoms with E-state index in [1.807, 2.05) is 26.2 Å². The van der Waals surface area contributed by atoms with Gasteiger partial charge in [0.1, 0.15) is 0 Å². The van der Waals surface area contributed by atoms with E-state index in [1.165, 1.54) is 11.3 Å². The van der Waals surface area contributed by atoms with Crippen molar-refractivity contribution >= 4 is 28.7 Å². The van der Waals surface area contributed by atoms with E-state index in [9.17, 15) is 4.79 Å². The molecule has 3 heteroatoms. The van der Waals surface area contributed by atoms with Gasteiger partial charge in [0.05, 0.1) is 9.90 Å². The molecule has 0 aliphatic heterocycles. The van der Waals surface area contributed by atoms with Crippen LogP contribution >= 0.6 is 22.9 Å². The fourth-order valence-electron chi connectivity index (χ4n) is 1.01. The summed E-state index contributed by atoms with van der Waals surface area (Å²) in [5.41, 5.74) is 0.998. The molecule has 0 fully saturated rings. The molecule has 0 spiro atoms. The number of rotatable bonds is 3. The quantitative estimate of drug-likeness (QED) is 0.700. The van der Waals surface area contributed by atoms with Crippen molar-refractivity contribution in [1.82, 2.24) is 0 Å². The molecule has 13 heavy (non-hydrogen) atoms. The van der Waals surface area contributed by atoms with E-state index in [2.05, 4.69) is 0 Å². The molecule has 1 aromatic heterocycles. The number of hydrogen-bond donors (Lipinski definition) is 0. The van der Waals surface area contributed by atoms with Crippen molar-refractivity contribution in [1.29, 1.82) is 0 Å². The highest BCUT2D eigenvalue weighted by Gasteiger charge is 2.18. The van der Waals surface area contributed by atoms with Gasteiger partial charge in [-0.1, -0.05) is 25.4 Å². The molecule has 1 unspecified atom stereocenters. The lowest BCUT2D eigenvalue weighted by atomic mass is 10.0. The van der Waals surface area contributed by atoms with Gasteiger partial charge in [-0.25, -0.2) is 0 Å². The summed E-state index contributed by atoms with van der Waals surface area (Å²) in [7, 11) is 0. The second-order valence-corrected chi connectivity index (χ2v) is 4.49. The van der Waals surface area contributed by atoms with E-state index in [1.54, 1.807) is 0 Å². The van der Waals surface area contributed by atoms with E-state index < -0.39 is 0 Å². The highest BCUT2D eigenvalue weighted by molar-refractivity contribution is 7.13. The Morgan fingerprint density at radius 3 is 2.69 bits per heavy atom. The van der Waals surface area contributed by atoms with Crippen molar-refractivity contribution in [3.8, 4) is 0 Å². The lowest BCUT2D eigenvalue weighted by Gasteiger charge is -2.05. The van der Waals surface area contributed by atoms with Crippen molar-refractivity contribution in [2.24, 2.45) is 5.92 Å². The lowest BCUT2D eigenvalue weighted by molar-refractivity contribution is 0.0931. The van der Waals surface area contributed by atoms with Crippen LogP contribution in [0.4, 0.5) is 0 Å². The maximum atomic E-state index is 11.7. The van der Waals surface area contributed by atoms with Crippen LogP contribution < -0.4 is 0 Å². The molecular formula is C10H13ClOS. The smallest absolute Gasteiger partial charge is 0.177 e. The fraction of sp³-hybridized carbons (Fsp3) is 0.500. The third-order valence-electron chi connectivity index (χ3n) is 2.18. The zero-order valence-corrected chi connectivity index (χ0v) is 9.63. The van der Waals surface area contributed by atoms with E-state index in [0.717, 1.165) is 12.0 Å². The summed E-state index contributed by atoms with van der Waals surface area (Å²) in [5, 5.41) is 2.56. The van der Waals surface area contributed by atoms with Gasteiger partial charge >= 0.3 is 0 Å². The standard InChI is InChI=1S/C10H13ClOS/c1-4-6(2)9(12)10-8(11)7(3)5-13-10/h5-6H,4H2,1-3H3.